The highest BCUT2D eigenvalue weighted by Crippen LogP contribution is 2.47. The van der Waals surface area contributed by atoms with Crippen molar-refractivity contribution in [3.63, 3.8) is 0 Å². The summed E-state index contributed by atoms with van der Waals surface area (Å²) in [6, 6.07) is 24.4. The topological polar surface area (TPSA) is 7.12 Å². The van der Waals surface area contributed by atoms with Gasteiger partial charge < -0.3 is 4.90 Å². The molecule has 0 fully saturated rings. The summed E-state index contributed by atoms with van der Waals surface area (Å²) in [5.41, 5.74) is 6.55. The van der Waals surface area contributed by atoms with E-state index in [0.29, 0.717) is 0 Å². The summed E-state index contributed by atoms with van der Waals surface area (Å²) in [4.78, 5) is 5.12. The van der Waals surface area contributed by atoms with Crippen molar-refractivity contribution in [1.29, 1.82) is 0 Å². The lowest BCUT2D eigenvalue weighted by Gasteiger charge is -2.18. The lowest BCUT2D eigenvalue weighted by atomic mass is 10.1. The molecule has 0 saturated carbocycles. The molecule has 3 aromatic carbocycles. The monoisotopic (exact) mass is 515 g/mol. The molecule has 0 aliphatic carbocycles. The molecular formula is C30H31N2S3+. The molecule has 0 amide bonds. The van der Waals surface area contributed by atoms with Crippen LogP contribution < -0.4 is 9.47 Å². The number of rotatable bonds is 7. The summed E-state index contributed by atoms with van der Waals surface area (Å²) in [6.07, 6.45) is 7.94. The fourth-order valence-electron chi connectivity index (χ4n) is 4.55. The first-order valence-electron chi connectivity index (χ1n) is 12.2. The fourth-order valence-corrected chi connectivity index (χ4v) is 7.35. The summed E-state index contributed by atoms with van der Waals surface area (Å²) in [5.74, 6) is 0. The number of hydrogen-bond acceptors (Lipinski definition) is 4. The van der Waals surface area contributed by atoms with Crippen LogP contribution in [0.2, 0.25) is 0 Å². The normalized spacial score (nSPS) is 14.8. The van der Waals surface area contributed by atoms with Crippen LogP contribution >= 0.6 is 34.9 Å². The molecule has 2 nitrogen and oxygen atoms in total. The SMILES string of the molecule is CCC(=Cc1sc2ccc(-c3ccccc3)cc2[n+]1CC)C=C1Sc2ccc(SC)cc2N1CC. The minimum Gasteiger partial charge on any atom is -0.335 e. The highest BCUT2D eigenvalue weighted by Gasteiger charge is 2.25. The van der Waals surface area contributed by atoms with Gasteiger partial charge in [0.2, 0.25) is 5.52 Å². The number of aromatic nitrogens is 1. The summed E-state index contributed by atoms with van der Waals surface area (Å²) in [6.45, 7) is 8.67. The number of thiazole rings is 1. The largest absolute Gasteiger partial charge is 0.335 e. The third-order valence-electron chi connectivity index (χ3n) is 6.43. The van der Waals surface area contributed by atoms with Gasteiger partial charge in [-0.2, -0.15) is 4.57 Å². The van der Waals surface area contributed by atoms with Gasteiger partial charge in [-0.15, -0.1) is 11.8 Å². The molecule has 1 aliphatic heterocycles. The van der Waals surface area contributed by atoms with E-state index in [9.17, 15) is 0 Å². The van der Waals surface area contributed by atoms with Crippen LogP contribution in [0, 0.1) is 0 Å². The quantitative estimate of drug-likeness (QED) is 0.179. The van der Waals surface area contributed by atoms with Crippen LogP contribution in [0.3, 0.4) is 0 Å². The second kappa shape index (κ2) is 10.7. The molecule has 2 heterocycles. The van der Waals surface area contributed by atoms with E-state index >= 15 is 0 Å². The van der Waals surface area contributed by atoms with Gasteiger partial charge in [-0.25, -0.2) is 0 Å². The van der Waals surface area contributed by atoms with Crippen LogP contribution in [0.15, 0.2) is 93.2 Å². The molecular weight excluding hydrogens is 485 g/mol. The second-order valence-corrected chi connectivity index (χ2v) is 11.5. The van der Waals surface area contributed by atoms with E-state index in [1.807, 2.05) is 23.1 Å². The standard InChI is InChI=1S/C30H31N2S3/c1-5-21(18-30-32(7-3)26-20-24(33-4)14-16-28(26)35-30)17-29-31(6-2)25-19-23(13-15-27(25)34-29)22-11-9-8-10-12-22/h8-20H,5-7H2,1-4H3/q+1. The maximum Gasteiger partial charge on any atom is 0.263 e. The third-order valence-corrected chi connectivity index (χ3v) is 9.38. The molecule has 0 saturated heterocycles. The van der Waals surface area contributed by atoms with Crippen LogP contribution in [-0.2, 0) is 6.54 Å². The molecule has 0 bridgehead atoms. The number of hydrogen-bond donors (Lipinski definition) is 0. The molecule has 178 valence electrons. The van der Waals surface area contributed by atoms with Gasteiger partial charge in [-0.3, -0.25) is 0 Å². The zero-order chi connectivity index (χ0) is 24.4. The minimum atomic E-state index is 0.955. The molecule has 1 aliphatic rings. The van der Waals surface area contributed by atoms with E-state index in [1.54, 1.807) is 11.8 Å². The van der Waals surface area contributed by atoms with Crippen molar-refractivity contribution in [2.45, 2.75) is 43.5 Å². The number of thioether (sulfide) groups is 2. The van der Waals surface area contributed by atoms with Gasteiger partial charge in [0.15, 0.2) is 0 Å². The summed E-state index contributed by atoms with van der Waals surface area (Å²) in [7, 11) is 0. The lowest BCUT2D eigenvalue weighted by molar-refractivity contribution is -0.665. The number of benzene rings is 3. The van der Waals surface area contributed by atoms with E-state index in [1.165, 1.54) is 52.4 Å². The highest BCUT2D eigenvalue weighted by atomic mass is 32.2. The molecule has 0 spiro atoms. The van der Waals surface area contributed by atoms with E-state index in [0.717, 1.165) is 19.5 Å². The van der Waals surface area contributed by atoms with Crippen molar-refractivity contribution in [2.24, 2.45) is 0 Å². The van der Waals surface area contributed by atoms with Crippen LogP contribution in [0.25, 0.3) is 27.4 Å². The van der Waals surface area contributed by atoms with Crippen LogP contribution in [0.1, 0.15) is 32.2 Å². The fraction of sp³-hybridized carbons (Fsp3) is 0.233. The van der Waals surface area contributed by atoms with Gasteiger partial charge in [-0.1, -0.05) is 66.4 Å². The lowest BCUT2D eigenvalue weighted by Crippen LogP contribution is -2.33. The zero-order valence-corrected chi connectivity index (χ0v) is 23.2. The van der Waals surface area contributed by atoms with Gasteiger partial charge in [-0.05, 0) is 73.6 Å². The Morgan fingerprint density at radius 3 is 2.51 bits per heavy atom. The van der Waals surface area contributed by atoms with Crippen LogP contribution in [0.4, 0.5) is 5.69 Å². The molecule has 4 aromatic rings. The Bertz CT molecular complexity index is 1420. The maximum atomic E-state index is 2.46. The Balaban J connectivity index is 1.52. The summed E-state index contributed by atoms with van der Waals surface area (Å²) >= 11 is 5.58. The molecule has 5 heteroatoms. The Hall–Kier alpha value is -2.47. The molecule has 0 N–H and O–H groups in total. The van der Waals surface area contributed by atoms with E-state index < -0.39 is 0 Å². The molecule has 0 radical (unpaired) electrons. The summed E-state index contributed by atoms with van der Waals surface area (Å²) < 4.78 is 3.79. The van der Waals surface area contributed by atoms with Crippen molar-refractivity contribution < 1.29 is 4.57 Å². The van der Waals surface area contributed by atoms with Crippen LogP contribution in [0.5, 0.6) is 0 Å². The first kappa shape index (κ1) is 24.2. The van der Waals surface area contributed by atoms with Crippen molar-refractivity contribution >= 4 is 56.8 Å². The zero-order valence-electron chi connectivity index (χ0n) is 20.7. The van der Waals surface area contributed by atoms with Gasteiger partial charge in [0.05, 0.1) is 10.7 Å². The second-order valence-electron chi connectivity index (χ2n) is 8.47. The van der Waals surface area contributed by atoms with E-state index in [-0.39, 0.29) is 0 Å². The predicted octanol–water partition coefficient (Wildman–Crippen LogP) is 8.86. The first-order valence-corrected chi connectivity index (χ1v) is 15.1. The van der Waals surface area contributed by atoms with Gasteiger partial charge in [0, 0.05) is 28.5 Å². The number of fused-ring (bicyclic) bond motifs is 2. The molecule has 1 aromatic heterocycles. The molecule has 0 unspecified atom stereocenters. The number of nitrogens with zero attached hydrogens (tertiary/aromatic N) is 2. The van der Waals surface area contributed by atoms with Crippen molar-refractivity contribution in [3.8, 4) is 11.1 Å². The molecule has 35 heavy (non-hydrogen) atoms. The first-order chi connectivity index (χ1) is 17.1. The third kappa shape index (κ3) is 4.82. The van der Waals surface area contributed by atoms with Crippen LogP contribution in [-0.4, -0.2) is 12.8 Å². The predicted molar refractivity (Wildman–Crippen MR) is 157 cm³/mol. The Kier molecular flexibility index (Phi) is 7.37. The Morgan fingerprint density at radius 2 is 1.80 bits per heavy atom. The van der Waals surface area contributed by atoms with Gasteiger partial charge >= 0.3 is 0 Å². The number of aryl methyl sites for hydroxylation is 1. The average molecular weight is 516 g/mol. The highest BCUT2D eigenvalue weighted by molar-refractivity contribution is 8.03. The molecule has 5 rings (SSSR count). The minimum absolute atomic E-state index is 0.955. The van der Waals surface area contributed by atoms with E-state index in [4.69, 9.17) is 0 Å². The Morgan fingerprint density at radius 1 is 0.971 bits per heavy atom. The maximum absolute atomic E-state index is 2.46. The Labute approximate surface area is 221 Å². The van der Waals surface area contributed by atoms with Gasteiger partial charge in [0.25, 0.3) is 5.01 Å². The van der Waals surface area contributed by atoms with Crippen molar-refractivity contribution in [2.75, 3.05) is 17.7 Å². The van der Waals surface area contributed by atoms with Crippen molar-refractivity contribution in [1.82, 2.24) is 0 Å². The molecule has 0 atom stereocenters. The summed E-state index contributed by atoms with van der Waals surface area (Å²) in [5, 5.41) is 2.64. The number of anilines is 1. The number of allylic oxidation sites excluding steroid dienone is 2. The average Bonchev–Trinajstić information content (AvgIpc) is 3.43. The smallest absolute Gasteiger partial charge is 0.263 e. The van der Waals surface area contributed by atoms with E-state index in [2.05, 4.69) is 115 Å². The van der Waals surface area contributed by atoms with Gasteiger partial charge in [0.1, 0.15) is 11.2 Å². The van der Waals surface area contributed by atoms with Crippen molar-refractivity contribution in [3.05, 3.63) is 88.4 Å².